The molecule has 0 fully saturated rings. The van der Waals surface area contributed by atoms with Crippen LogP contribution in [0.25, 0.3) is 0 Å². The van der Waals surface area contributed by atoms with Gasteiger partial charge >= 0.3 is 5.97 Å². The lowest BCUT2D eigenvalue weighted by Gasteiger charge is -2.03. The third-order valence-electron chi connectivity index (χ3n) is 2.12. The number of ether oxygens (including phenoxy) is 1. The highest BCUT2D eigenvalue weighted by Gasteiger charge is 2.13. The molecule has 19 heavy (non-hydrogen) atoms. The van der Waals surface area contributed by atoms with Crippen LogP contribution < -0.4 is 0 Å². The second kappa shape index (κ2) is 6.27. The van der Waals surface area contributed by atoms with E-state index in [1.807, 2.05) is 0 Å². The van der Waals surface area contributed by atoms with Crippen molar-refractivity contribution in [3.63, 3.8) is 0 Å². The van der Waals surface area contributed by atoms with Crippen molar-refractivity contribution in [1.82, 2.24) is 4.98 Å². The molecule has 2 aromatic rings. The highest BCUT2D eigenvalue weighted by Crippen LogP contribution is 2.21. The number of hydrogen-bond acceptors (Lipinski definition) is 5. The zero-order chi connectivity index (χ0) is 13.8. The van der Waals surface area contributed by atoms with Crippen LogP contribution in [0, 0.1) is 0 Å². The minimum Gasteiger partial charge on any atom is -0.454 e. The normalized spacial score (nSPS) is 10.2. The molecular weight excluding hydrogens is 354 g/mol. The molecule has 0 aliphatic rings. The molecule has 0 radical (unpaired) electrons. The fourth-order valence-corrected chi connectivity index (χ4v) is 2.61. The number of ketones is 1. The van der Waals surface area contributed by atoms with Gasteiger partial charge in [-0.25, -0.2) is 4.79 Å². The SMILES string of the molecule is O=C(OCC(=O)c1ccc(Cl)s1)c1cncc(Br)c1. The first-order valence-corrected chi connectivity index (χ1v) is 7.11. The highest BCUT2D eigenvalue weighted by molar-refractivity contribution is 9.10. The van der Waals surface area contributed by atoms with Crippen molar-refractivity contribution in [2.24, 2.45) is 0 Å². The van der Waals surface area contributed by atoms with Gasteiger partial charge in [0.2, 0.25) is 5.78 Å². The Morgan fingerprint density at radius 3 is 2.79 bits per heavy atom. The van der Waals surface area contributed by atoms with Gasteiger partial charge in [0.25, 0.3) is 0 Å². The Morgan fingerprint density at radius 2 is 2.16 bits per heavy atom. The maximum Gasteiger partial charge on any atom is 0.340 e. The molecule has 0 aliphatic carbocycles. The molecule has 2 rings (SSSR count). The summed E-state index contributed by atoms with van der Waals surface area (Å²) in [6.45, 7) is -0.317. The Kier molecular flexibility index (Phi) is 4.68. The summed E-state index contributed by atoms with van der Waals surface area (Å²) in [5, 5.41) is 0. The maximum absolute atomic E-state index is 11.7. The van der Waals surface area contributed by atoms with E-state index in [2.05, 4.69) is 20.9 Å². The van der Waals surface area contributed by atoms with Gasteiger partial charge < -0.3 is 4.74 Å². The third kappa shape index (κ3) is 3.86. The number of Topliss-reactive ketones (excluding diaryl/α,β-unsaturated/α-hetero) is 1. The van der Waals surface area contributed by atoms with Gasteiger partial charge in [-0.1, -0.05) is 11.6 Å². The van der Waals surface area contributed by atoms with Gasteiger partial charge in [-0.05, 0) is 34.1 Å². The van der Waals surface area contributed by atoms with Crippen LogP contribution in [-0.2, 0) is 4.74 Å². The molecule has 0 bridgehead atoms. The number of hydrogen-bond donors (Lipinski definition) is 0. The lowest BCUT2D eigenvalue weighted by Crippen LogP contribution is -2.13. The van der Waals surface area contributed by atoms with E-state index >= 15 is 0 Å². The zero-order valence-electron chi connectivity index (χ0n) is 9.43. The van der Waals surface area contributed by atoms with Crippen LogP contribution in [-0.4, -0.2) is 23.3 Å². The summed E-state index contributed by atoms with van der Waals surface area (Å²) in [4.78, 5) is 27.7. The predicted molar refractivity (Wildman–Crippen MR) is 75.9 cm³/mol. The van der Waals surface area contributed by atoms with E-state index in [1.54, 1.807) is 24.4 Å². The fraction of sp³-hybridized carbons (Fsp3) is 0.0833. The fourth-order valence-electron chi connectivity index (χ4n) is 1.27. The molecule has 0 spiro atoms. The van der Waals surface area contributed by atoms with Crippen molar-refractivity contribution in [2.75, 3.05) is 6.61 Å². The minimum absolute atomic E-state index is 0.284. The lowest BCUT2D eigenvalue weighted by atomic mass is 10.3. The largest absolute Gasteiger partial charge is 0.454 e. The van der Waals surface area contributed by atoms with Crippen molar-refractivity contribution in [2.45, 2.75) is 0 Å². The number of aromatic nitrogens is 1. The molecule has 0 saturated carbocycles. The van der Waals surface area contributed by atoms with Gasteiger partial charge in [0.05, 0.1) is 14.8 Å². The summed E-state index contributed by atoms with van der Waals surface area (Å²) in [6, 6.07) is 4.80. The summed E-state index contributed by atoms with van der Waals surface area (Å²) in [5.74, 6) is -0.877. The molecule has 0 aliphatic heterocycles. The Morgan fingerprint density at radius 1 is 1.37 bits per heavy atom. The van der Waals surface area contributed by atoms with Crippen molar-refractivity contribution >= 4 is 50.6 Å². The van der Waals surface area contributed by atoms with Crippen molar-refractivity contribution < 1.29 is 14.3 Å². The number of thiophene rings is 1. The number of carbonyl (C=O) groups excluding carboxylic acids is 2. The number of rotatable bonds is 4. The first-order chi connectivity index (χ1) is 9.06. The maximum atomic E-state index is 11.7. The average Bonchev–Trinajstić information content (AvgIpc) is 2.82. The summed E-state index contributed by atoms with van der Waals surface area (Å²) in [5.41, 5.74) is 0.284. The summed E-state index contributed by atoms with van der Waals surface area (Å²) >= 11 is 10.1. The predicted octanol–water partition coefficient (Wildman–Crippen LogP) is 3.60. The van der Waals surface area contributed by atoms with Crippen molar-refractivity contribution in [3.05, 3.63) is 49.8 Å². The summed E-state index contributed by atoms with van der Waals surface area (Å²) < 4.78 is 6.11. The zero-order valence-corrected chi connectivity index (χ0v) is 12.6. The molecule has 0 N–H and O–H groups in total. The Bertz CT molecular complexity index is 629. The van der Waals surface area contributed by atoms with Crippen LogP contribution in [0.5, 0.6) is 0 Å². The van der Waals surface area contributed by atoms with E-state index < -0.39 is 5.97 Å². The van der Waals surface area contributed by atoms with Crippen molar-refractivity contribution in [3.8, 4) is 0 Å². The number of nitrogens with zero attached hydrogens (tertiary/aromatic N) is 1. The first kappa shape index (κ1) is 14.2. The van der Waals surface area contributed by atoms with E-state index in [-0.39, 0.29) is 18.0 Å². The Hall–Kier alpha value is -1.24. The van der Waals surface area contributed by atoms with Crippen LogP contribution in [0.4, 0.5) is 0 Å². The number of esters is 1. The van der Waals surface area contributed by atoms with Crippen molar-refractivity contribution in [1.29, 1.82) is 0 Å². The lowest BCUT2D eigenvalue weighted by molar-refractivity contribution is 0.0475. The summed E-state index contributed by atoms with van der Waals surface area (Å²) in [6.07, 6.45) is 2.93. The molecular formula is C12H7BrClNO3S. The molecule has 2 heterocycles. The Labute approximate surface area is 126 Å². The van der Waals surface area contributed by atoms with Gasteiger partial charge in [-0.15, -0.1) is 11.3 Å². The van der Waals surface area contributed by atoms with Gasteiger partial charge in [0.1, 0.15) is 0 Å². The molecule has 0 unspecified atom stereocenters. The molecule has 98 valence electrons. The molecule has 7 heteroatoms. The molecule has 0 atom stereocenters. The monoisotopic (exact) mass is 359 g/mol. The highest BCUT2D eigenvalue weighted by atomic mass is 79.9. The van der Waals surface area contributed by atoms with E-state index in [0.29, 0.717) is 13.7 Å². The van der Waals surface area contributed by atoms with Gasteiger partial charge in [-0.2, -0.15) is 0 Å². The third-order valence-corrected chi connectivity index (χ3v) is 3.83. The van der Waals surface area contributed by atoms with Crippen LogP contribution in [0.3, 0.4) is 0 Å². The van der Waals surface area contributed by atoms with Crippen LogP contribution >= 0.6 is 38.9 Å². The van der Waals surface area contributed by atoms with Crippen LogP contribution in [0.1, 0.15) is 20.0 Å². The summed E-state index contributed by atoms with van der Waals surface area (Å²) in [7, 11) is 0. The smallest absolute Gasteiger partial charge is 0.340 e. The van der Waals surface area contributed by atoms with E-state index in [1.165, 1.54) is 6.20 Å². The minimum atomic E-state index is -0.593. The molecule has 2 aromatic heterocycles. The molecule has 0 saturated heterocycles. The van der Waals surface area contributed by atoms with Gasteiger partial charge in [-0.3, -0.25) is 9.78 Å². The molecule has 0 aromatic carbocycles. The van der Waals surface area contributed by atoms with E-state index in [9.17, 15) is 9.59 Å². The van der Waals surface area contributed by atoms with E-state index in [0.717, 1.165) is 11.3 Å². The second-order valence-corrected chi connectivity index (χ2v) is 6.13. The second-order valence-electron chi connectivity index (χ2n) is 3.49. The van der Waals surface area contributed by atoms with Gasteiger partial charge in [0.15, 0.2) is 6.61 Å². The topological polar surface area (TPSA) is 56.3 Å². The quantitative estimate of drug-likeness (QED) is 0.617. The standard InChI is InChI=1S/C12H7BrClNO3S/c13-8-3-7(4-15-5-8)12(17)18-6-9(16)10-1-2-11(14)19-10/h1-5H,6H2. The first-order valence-electron chi connectivity index (χ1n) is 5.12. The van der Waals surface area contributed by atoms with Gasteiger partial charge in [0, 0.05) is 16.9 Å². The Balaban J connectivity index is 1.95. The van der Waals surface area contributed by atoms with E-state index in [4.69, 9.17) is 16.3 Å². The molecule has 4 nitrogen and oxygen atoms in total. The number of pyridine rings is 1. The number of halogens is 2. The van der Waals surface area contributed by atoms with Crippen LogP contribution in [0.2, 0.25) is 4.34 Å². The molecule has 0 amide bonds. The van der Waals surface area contributed by atoms with Crippen LogP contribution in [0.15, 0.2) is 35.1 Å². The average molecular weight is 361 g/mol. The number of carbonyl (C=O) groups is 2.